The fourth-order valence-corrected chi connectivity index (χ4v) is 2.13. The molecule has 0 aliphatic heterocycles. The van der Waals surface area contributed by atoms with Crippen molar-refractivity contribution in [3.63, 3.8) is 0 Å². The summed E-state index contributed by atoms with van der Waals surface area (Å²) in [5, 5.41) is 18.3. The number of nitriles is 1. The van der Waals surface area contributed by atoms with Gasteiger partial charge >= 0.3 is 5.63 Å². The lowest BCUT2D eigenvalue weighted by Gasteiger charge is -2.01. The van der Waals surface area contributed by atoms with E-state index in [9.17, 15) is 14.7 Å². The molecule has 2 rings (SSSR count). The van der Waals surface area contributed by atoms with Gasteiger partial charge in [-0.25, -0.2) is 4.79 Å². The van der Waals surface area contributed by atoms with E-state index in [0.717, 1.165) is 11.1 Å². The molecule has 0 bridgehead atoms. The predicted octanol–water partition coefficient (Wildman–Crippen LogP) is 3.01. The number of nitrogens with zero attached hydrogens (tertiary/aromatic N) is 1. The van der Waals surface area contributed by atoms with E-state index in [0.29, 0.717) is 12.8 Å². The SMILES string of the molecule is Cc1cc(O)c(C(=O)/C=C/c2cccc(CCC#N)c2)c(=O)o1. The van der Waals surface area contributed by atoms with Crippen LogP contribution in [0.3, 0.4) is 0 Å². The summed E-state index contributed by atoms with van der Waals surface area (Å²) >= 11 is 0. The zero-order chi connectivity index (χ0) is 16.8. The topological polar surface area (TPSA) is 91.3 Å². The van der Waals surface area contributed by atoms with Gasteiger partial charge in [-0.1, -0.05) is 30.3 Å². The smallest absolute Gasteiger partial charge is 0.351 e. The molecule has 0 fully saturated rings. The van der Waals surface area contributed by atoms with Gasteiger partial charge in [0.2, 0.25) is 0 Å². The zero-order valence-corrected chi connectivity index (χ0v) is 12.6. The molecule has 1 N–H and O–H groups in total. The third kappa shape index (κ3) is 4.17. The number of carbonyl (C=O) groups excluding carboxylic acids is 1. The second-order valence-electron chi connectivity index (χ2n) is 5.01. The van der Waals surface area contributed by atoms with Crippen LogP contribution in [0.1, 0.15) is 33.7 Å². The molecule has 0 amide bonds. The zero-order valence-electron chi connectivity index (χ0n) is 12.6. The first-order valence-corrected chi connectivity index (χ1v) is 7.03. The minimum absolute atomic E-state index is 0.234. The van der Waals surface area contributed by atoms with Crippen LogP contribution in [0.2, 0.25) is 0 Å². The number of ketones is 1. The van der Waals surface area contributed by atoms with Crippen LogP contribution in [0.15, 0.2) is 45.6 Å². The number of benzene rings is 1. The van der Waals surface area contributed by atoms with Crippen molar-refractivity contribution in [2.45, 2.75) is 19.8 Å². The fraction of sp³-hybridized carbons (Fsp3) is 0.167. The van der Waals surface area contributed by atoms with Gasteiger partial charge in [-0.15, -0.1) is 0 Å². The lowest BCUT2D eigenvalue weighted by molar-refractivity contribution is 0.104. The van der Waals surface area contributed by atoms with Crippen molar-refractivity contribution in [2.75, 3.05) is 0 Å². The molecule has 0 aliphatic carbocycles. The van der Waals surface area contributed by atoms with E-state index >= 15 is 0 Å². The highest BCUT2D eigenvalue weighted by atomic mass is 16.4. The molecule has 0 saturated heterocycles. The lowest BCUT2D eigenvalue weighted by atomic mass is 10.1. The first-order chi connectivity index (χ1) is 11.0. The van der Waals surface area contributed by atoms with Gasteiger partial charge in [0.1, 0.15) is 17.1 Å². The van der Waals surface area contributed by atoms with Gasteiger partial charge in [-0.05, 0) is 30.5 Å². The first kappa shape index (κ1) is 16.2. The predicted molar refractivity (Wildman–Crippen MR) is 85.1 cm³/mol. The van der Waals surface area contributed by atoms with E-state index in [2.05, 4.69) is 6.07 Å². The third-order valence-electron chi connectivity index (χ3n) is 3.20. The Labute approximate surface area is 133 Å². The monoisotopic (exact) mass is 309 g/mol. The van der Waals surface area contributed by atoms with Gasteiger partial charge in [0.05, 0.1) is 6.07 Å². The van der Waals surface area contributed by atoms with E-state index in [1.807, 2.05) is 18.2 Å². The van der Waals surface area contributed by atoms with Gasteiger partial charge in [0.15, 0.2) is 5.78 Å². The molecule has 116 valence electrons. The van der Waals surface area contributed by atoms with Gasteiger partial charge in [0.25, 0.3) is 0 Å². The van der Waals surface area contributed by atoms with Crippen molar-refractivity contribution in [3.8, 4) is 11.8 Å². The number of hydrogen-bond donors (Lipinski definition) is 1. The molecule has 0 aliphatic rings. The Morgan fingerprint density at radius 3 is 2.87 bits per heavy atom. The van der Waals surface area contributed by atoms with E-state index in [1.54, 1.807) is 12.1 Å². The van der Waals surface area contributed by atoms with Crippen LogP contribution in [0.4, 0.5) is 0 Å². The van der Waals surface area contributed by atoms with Crippen LogP contribution < -0.4 is 5.63 Å². The standard InChI is InChI=1S/C18H15NO4/c1-12-10-16(21)17(18(22)23-12)15(20)8-7-14-5-2-4-13(11-14)6-3-9-19/h2,4-5,7-8,10-11,21H,3,6H2,1H3/b8-7+. The highest BCUT2D eigenvalue weighted by Gasteiger charge is 2.15. The molecule has 1 aromatic carbocycles. The summed E-state index contributed by atoms with van der Waals surface area (Å²) < 4.78 is 4.82. The largest absolute Gasteiger partial charge is 0.507 e. The van der Waals surface area contributed by atoms with Crippen LogP contribution in [0.5, 0.6) is 5.75 Å². The summed E-state index contributed by atoms with van der Waals surface area (Å²) in [5.41, 5.74) is 0.510. The maximum Gasteiger partial charge on any atom is 0.351 e. The molecule has 0 spiro atoms. The Kier molecular flexibility index (Phi) is 5.11. The first-order valence-electron chi connectivity index (χ1n) is 7.03. The Hall–Kier alpha value is -3.13. The molecule has 5 heteroatoms. The van der Waals surface area contributed by atoms with Gasteiger partial charge in [-0.3, -0.25) is 4.79 Å². The molecular weight excluding hydrogens is 294 g/mol. The number of allylic oxidation sites excluding steroid dienone is 1. The molecule has 23 heavy (non-hydrogen) atoms. The van der Waals surface area contributed by atoms with E-state index in [4.69, 9.17) is 9.68 Å². The summed E-state index contributed by atoms with van der Waals surface area (Å²) in [6.07, 6.45) is 3.82. The minimum Gasteiger partial charge on any atom is -0.507 e. The van der Waals surface area contributed by atoms with Crippen LogP contribution >= 0.6 is 0 Å². The summed E-state index contributed by atoms with van der Waals surface area (Å²) in [5.74, 6) is -0.784. The molecule has 5 nitrogen and oxygen atoms in total. The Morgan fingerprint density at radius 1 is 1.39 bits per heavy atom. The summed E-state index contributed by atoms with van der Waals surface area (Å²) in [7, 11) is 0. The Balaban J connectivity index is 2.22. The Morgan fingerprint density at radius 2 is 2.17 bits per heavy atom. The number of hydrogen-bond acceptors (Lipinski definition) is 5. The van der Waals surface area contributed by atoms with Crippen molar-refractivity contribution in [1.29, 1.82) is 5.26 Å². The van der Waals surface area contributed by atoms with Crippen LogP contribution in [0.25, 0.3) is 6.08 Å². The highest BCUT2D eigenvalue weighted by Crippen LogP contribution is 2.16. The minimum atomic E-state index is -0.861. The maximum atomic E-state index is 12.1. The molecule has 1 aromatic heterocycles. The molecule has 0 saturated carbocycles. The fourth-order valence-electron chi connectivity index (χ4n) is 2.13. The maximum absolute atomic E-state index is 12.1. The summed E-state index contributed by atoms with van der Waals surface area (Å²) in [6.45, 7) is 1.51. The lowest BCUT2D eigenvalue weighted by Crippen LogP contribution is -2.12. The number of carbonyl (C=O) groups is 1. The van der Waals surface area contributed by atoms with E-state index < -0.39 is 17.2 Å². The van der Waals surface area contributed by atoms with Gasteiger partial charge in [-0.2, -0.15) is 5.26 Å². The van der Waals surface area contributed by atoms with Crippen LogP contribution in [-0.4, -0.2) is 10.9 Å². The van der Waals surface area contributed by atoms with E-state index in [1.165, 1.54) is 19.1 Å². The molecule has 1 heterocycles. The molecule has 0 radical (unpaired) electrons. The number of aromatic hydroxyl groups is 1. The van der Waals surface area contributed by atoms with Crippen LogP contribution in [-0.2, 0) is 6.42 Å². The van der Waals surface area contributed by atoms with Crippen molar-refractivity contribution >= 4 is 11.9 Å². The summed E-state index contributed by atoms with van der Waals surface area (Å²) in [6, 6.07) is 10.7. The number of aryl methyl sites for hydroxylation is 2. The number of rotatable bonds is 5. The highest BCUT2D eigenvalue weighted by molar-refractivity contribution is 6.08. The van der Waals surface area contributed by atoms with Crippen LogP contribution in [0, 0.1) is 18.3 Å². The molecule has 0 atom stereocenters. The summed E-state index contributed by atoms with van der Waals surface area (Å²) in [4.78, 5) is 23.8. The van der Waals surface area contributed by atoms with Crippen molar-refractivity contribution in [3.05, 3.63) is 69.3 Å². The average Bonchev–Trinajstić information content (AvgIpc) is 2.50. The van der Waals surface area contributed by atoms with Crippen molar-refractivity contribution in [1.82, 2.24) is 0 Å². The Bertz CT molecular complexity index is 856. The van der Waals surface area contributed by atoms with E-state index in [-0.39, 0.29) is 11.3 Å². The van der Waals surface area contributed by atoms with Crippen molar-refractivity contribution < 1.29 is 14.3 Å². The second-order valence-corrected chi connectivity index (χ2v) is 5.01. The van der Waals surface area contributed by atoms with Crippen molar-refractivity contribution in [2.24, 2.45) is 0 Å². The third-order valence-corrected chi connectivity index (χ3v) is 3.20. The second kappa shape index (κ2) is 7.23. The molecular formula is C18H15NO4. The molecule has 2 aromatic rings. The molecule has 0 unspecified atom stereocenters. The van der Waals surface area contributed by atoms with Gasteiger partial charge in [0, 0.05) is 12.5 Å². The van der Waals surface area contributed by atoms with Gasteiger partial charge < -0.3 is 9.52 Å². The quantitative estimate of drug-likeness (QED) is 0.677. The normalized spacial score (nSPS) is 10.6. The average molecular weight is 309 g/mol.